The molecule has 1 atom stereocenters. The molecule has 0 rings (SSSR count). The first-order chi connectivity index (χ1) is 5.62. The van der Waals surface area contributed by atoms with Crippen LogP contribution in [-0.4, -0.2) is 13.2 Å². The van der Waals surface area contributed by atoms with Crippen LogP contribution < -0.4 is 0 Å². The third kappa shape index (κ3) is 18.7. The maximum Gasteiger partial charge on any atom is 0.0540 e. The van der Waals surface area contributed by atoms with Gasteiger partial charge >= 0.3 is 0 Å². The third-order valence-electron chi connectivity index (χ3n) is 2.37. The van der Waals surface area contributed by atoms with Crippen molar-refractivity contribution in [2.45, 2.75) is 67.4 Å². The second kappa shape index (κ2) is 14.5. The normalized spacial score (nSPS) is 11.3. The number of methoxy groups -OCH3 is 1. The van der Waals surface area contributed by atoms with Crippen molar-refractivity contribution in [2.24, 2.45) is 5.92 Å². The Morgan fingerprint density at radius 3 is 1.31 bits per heavy atom. The summed E-state index contributed by atoms with van der Waals surface area (Å²) in [5, 5.41) is 0. The number of ether oxygens (including phenoxy) is 1. The average Bonchev–Trinajstić information content (AvgIpc) is 2.16. The van der Waals surface area contributed by atoms with Crippen LogP contribution in [0.15, 0.2) is 0 Å². The molecule has 0 aromatic rings. The Labute approximate surface area is 85.9 Å². The van der Waals surface area contributed by atoms with E-state index in [1.165, 1.54) is 12.8 Å². The molecule has 0 aromatic heterocycles. The highest BCUT2D eigenvalue weighted by Crippen LogP contribution is 2.02. The van der Waals surface area contributed by atoms with Gasteiger partial charge in [0, 0.05) is 7.11 Å². The van der Waals surface area contributed by atoms with E-state index in [1.807, 2.05) is 0 Å². The zero-order chi connectivity index (χ0) is 9.98. The number of hydrogen-bond donors (Lipinski definition) is 0. The van der Waals surface area contributed by atoms with Crippen LogP contribution >= 0.6 is 0 Å². The van der Waals surface area contributed by atoms with E-state index >= 15 is 0 Å². The van der Waals surface area contributed by atoms with Crippen molar-refractivity contribution in [3.8, 4) is 0 Å². The maximum absolute atomic E-state index is 4.90. The lowest BCUT2D eigenvalue weighted by molar-refractivity contribution is 0.115. The van der Waals surface area contributed by atoms with E-state index in [1.54, 1.807) is 7.11 Å². The predicted molar refractivity (Wildman–Crippen MR) is 63.2 cm³/mol. The zero-order valence-corrected chi connectivity index (χ0v) is 9.68. The molecule has 0 N–H and O–H groups in total. The van der Waals surface area contributed by atoms with Crippen LogP contribution in [0.4, 0.5) is 0 Å². The first kappa shape index (κ1) is 18.7. The summed E-state index contributed by atoms with van der Waals surface area (Å²) in [6.45, 7) is 10.9. The summed E-state index contributed by atoms with van der Waals surface area (Å²) >= 11 is 0. The summed E-state index contributed by atoms with van der Waals surface area (Å²) < 4.78 is 4.90. The molecule has 0 aliphatic rings. The van der Waals surface area contributed by atoms with E-state index in [0.717, 1.165) is 12.3 Å². The van der Waals surface area contributed by atoms with Gasteiger partial charge in [-0.2, -0.15) is 0 Å². The second-order valence-electron chi connectivity index (χ2n) is 3.38. The summed E-state index contributed by atoms with van der Waals surface area (Å²) in [5.74, 6) is 0.935. The summed E-state index contributed by atoms with van der Waals surface area (Å²) in [5.41, 5.74) is 0. The largest absolute Gasteiger partial charge is 0.382 e. The van der Waals surface area contributed by atoms with Crippen LogP contribution in [0, 0.1) is 5.92 Å². The van der Waals surface area contributed by atoms with E-state index in [2.05, 4.69) is 34.6 Å². The first-order valence-electron chi connectivity index (χ1n) is 5.14. The van der Waals surface area contributed by atoms with Crippen LogP contribution in [0.5, 0.6) is 0 Å². The maximum atomic E-state index is 4.90. The summed E-state index contributed by atoms with van der Waals surface area (Å²) in [6.07, 6.45) is 4.20. The SMILES string of the molecule is C.CCC(C)CC.CCC(C)OC. The summed E-state index contributed by atoms with van der Waals surface area (Å²) in [6, 6.07) is 0. The van der Waals surface area contributed by atoms with E-state index in [4.69, 9.17) is 4.74 Å². The lowest BCUT2D eigenvalue weighted by atomic mass is 10.1. The lowest BCUT2D eigenvalue weighted by Crippen LogP contribution is -2.00. The van der Waals surface area contributed by atoms with Gasteiger partial charge in [-0.15, -0.1) is 0 Å². The van der Waals surface area contributed by atoms with E-state index in [0.29, 0.717) is 6.10 Å². The van der Waals surface area contributed by atoms with Gasteiger partial charge in [-0.05, 0) is 19.3 Å². The Morgan fingerprint density at radius 1 is 0.923 bits per heavy atom. The Hall–Kier alpha value is -0.0400. The molecule has 0 spiro atoms. The van der Waals surface area contributed by atoms with Crippen molar-refractivity contribution in [1.82, 2.24) is 0 Å². The van der Waals surface area contributed by atoms with Crippen molar-refractivity contribution in [2.75, 3.05) is 7.11 Å². The van der Waals surface area contributed by atoms with Crippen LogP contribution in [0.2, 0.25) is 0 Å². The third-order valence-corrected chi connectivity index (χ3v) is 2.37. The molecule has 1 nitrogen and oxygen atoms in total. The first-order valence-corrected chi connectivity index (χ1v) is 5.14. The van der Waals surface area contributed by atoms with Gasteiger partial charge in [-0.25, -0.2) is 0 Å². The molecule has 0 aliphatic carbocycles. The Kier molecular flexibility index (Phi) is 20.8. The molecule has 0 saturated carbocycles. The molecule has 0 aromatic carbocycles. The fraction of sp³-hybridized carbons (Fsp3) is 1.00. The molecular formula is C12H30O. The van der Waals surface area contributed by atoms with Crippen molar-refractivity contribution in [1.29, 1.82) is 0 Å². The highest BCUT2D eigenvalue weighted by atomic mass is 16.5. The quantitative estimate of drug-likeness (QED) is 0.634. The molecule has 0 bridgehead atoms. The molecule has 0 amide bonds. The van der Waals surface area contributed by atoms with Crippen LogP contribution in [0.25, 0.3) is 0 Å². The van der Waals surface area contributed by atoms with Gasteiger partial charge in [0.05, 0.1) is 6.10 Å². The smallest absolute Gasteiger partial charge is 0.0540 e. The standard InChI is InChI=1S/C6H14.C5H12O.CH4/c1-4-6(3)5-2;1-4-5(2)6-3;/h6H,4-5H2,1-3H3;5H,4H2,1-3H3;1H4. The fourth-order valence-electron chi connectivity index (χ4n) is 0.455. The van der Waals surface area contributed by atoms with Crippen molar-refractivity contribution < 1.29 is 4.74 Å². The summed E-state index contributed by atoms with van der Waals surface area (Å²) in [7, 11) is 1.73. The second-order valence-corrected chi connectivity index (χ2v) is 3.38. The molecule has 13 heavy (non-hydrogen) atoms. The molecule has 0 aliphatic heterocycles. The van der Waals surface area contributed by atoms with Gasteiger partial charge in [-0.3, -0.25) is 0 Å². The molecule has 0 radical (unpaired) electrons. The van der Waals surface area contributed by atoms with Gasteiger partial charge in [0.2, 0.25) is 0 Å². The molecular weight excluding hydrogens is 160 g/mol. The molecule has 84 valence electrons. The van der Waals surface area contributed by atoms with Crippen LogP contribution in [0.3, 0.4) is 0 Å². The summed E-state index contributed by atoms with van der Waals surface area (Å²) in [4.78, 5) is 0. The van der Waals surface area contributed by atoms with Gasteiger partial charge in [0.15, 0.2) is 0 Å². The number of rotatable bonds is 4. The minimum Gasteiger partial charge on any atom is -0.382 e. The minimum absolute atomic E-state index is 0. The van der Waals surface area contributed by atoms with Crippen LogP contribution in [0.1, 0.15) is 61.3 Å². The monoisotopic (exact) mass is 190 g/mol. The molecule has 1 heteroatoms. The molecule has 0 fully saturated rings. The predicted octanol–water partition coefficient (Wildman–Crippen LogP) is 4.51. The van der Waals surface area contributed by atoms with E-state index in [9.17, 15) is 0 Å². The Morgan fingerprint density at radius 2 is 1.31 bits per heavy atom. The Bertz CT molecular complexity index is 53.5. The van der Waals surface area contributed by atoms with Crippen molar-refractivity contribution in [3.63, 3.8) is 0 Å². The van der Waals surface area contributed by atoms with Crippen LogP contribution in [-0.2, 0) is 4.74 Å². The van der Waals surface area contributed by atoms with Crippen molar-refractivity contribution in [3.05, 3.63) is 0 Å². The van der Waals surface area contributed by atoms with Gasteiger partial charge in [0.1, 0.15) is 0 Å². The molecule has 1 unspecified atom stereocenters. The average molecular weight is 190 g/mol. The van der Waals surface area contributed by atoms with Gasteiger partial charge < -0.3 is 4.74 Å². The molecule has 0 heterocycles. The minimum atomic E-state index is 0. The topological polar surface area (TPSA) is 9.23 Å². The number of hydrogen-bond acceptors (Lipinski definition) is 1. The highest BCUT2D eigenvalue weighted by molar-refractivity contribution is 4.41. The van der Waals surface area contributed by atoms with Gasteiger partial charge in [0.25, 0.3) is 0 Å². The lowest BCUT2D eigenvalue weighted by Gasteiger charge is -2.01. The van der Waals surface area contributed by atoms with E-state index < -0.39 is 0 Å². The van der Waals surface area contributed by atoms with E-state index in [-0.39, 0.29) is 7.43 Å². The van der Waals surface area contributed by atoms with Crippen molar-refractivity contribution >= 4 is 0 Å². The molecule has 0 saturated heterocycles. The fourth-order valence-corrected chi connectivity index (χ4v) is 0.455. The Balaban J connectivity index is -0.000000143. The highest BCUT2D eigenvalue weighted by Gasteiger charge is 1.89. The van der Waals surface area contributed by atoms with Gasteiger partial charge in [-0.1, -0.05) is 48.0 Å². The zero-order valence-electron chi connectivity index (χ0n) is 9.68.